The third-order valence-corrected chi connectivity index (χ3v) is 5.86. The van der Waals surface area contributed by atoms with Crippen molar-refractivity contribution in [1.29, 1.82) is 5.26 Å². The largest absolute Gasteiger partial charge is 0.573 e. The second-order valence-corrected chi connectivity index (χ2v) is 7.22. The van der Waals surface area contributed by atoms with Crippen molar-refractivity contribution >= 4 is 21.8 Å². The number of alkyl halides is 3. The predicted octanol–water partition coefficient (Wildman–Crippen LogP) is 1.94. The Balaban J connectivity index is 2.47. The highest BCUT2D eigenvalue weighted by Crippen LogP contribution is 2.31. The molecule has 1 aromatic heterocycles. The molecule has 120 valence electrons. The molecule has 1 aromatic rings. The lowest BCUT2D eigenvalue weighted by Gasteiger charge is -2.25. The summed E-state index contributed by atoms with van der Waals surface area (Å²) < 4.78 is 66.7. The number of ether oxygens (including phenoxy) is 1. The van der Waals surface area contributed by atoms with Crippen LogP contribution >= 0.6 is 11.8 Å². The van der Waals surface area contributed by atoms with Gasteiger partial charge < -0.3 is 4.74 Å². The SMILES string of the molecule is N#Cc1c(OC(F)(F)F)cncc1S(=O)(=O)N1CCCSC1. The number of hydrogen-bond acceptors (Lipinski definition) is 6. The molecule has 0 amide bonds. The zero-order chi connectivity index (χ0) is 16.4. The standard InChI is InChI=1S/C11H10F3N3O3S2/c12-11(13,14)20-9-5-16-6-10(8(9)4-15)22(18,19)17-2-1-3-21-7-17/h5-6H,1-3,7H2. The first-order valence-corrected chi connectivity index (χ1v) is 8.57. The molecule has 0 bridgehead atoms. The summed E-state index contributed by atoms with van der Waals surface area (Å²) in [6.45, 7) is 0.241. The van der Waals surface area contributed by atoms with Crippen molar-refractivity contribution in [2.75, 3.05) is 18.2 Å². The first-order chi connectivity index (χ1) is 10.3. The van der Waals surface area contributed by atoms with E-state index in [1.54, 1.807) is 0 Å². The quantitative estimate of drug-likeness (QED) is 0.826. The van der Waals surface area contributed by atoms with E-state index in [1.807, 2.05) is 0 Å². The molecule has 1 saturated heterocycles. The fourth-order valence-corrected chi connectivity index (χ4v) is 4.65. The third kappa shape index (κ3) is 3.63. The number of halogens is 3. The van der Waals surface area contributed by atoms with Gasteiger partial charge in [0.2, 0.25) is 10.0 Å². The van der Waals surface area contributed by atoms with Crippen molar-refractivity contribution in [2.45, 2.75) is 17.7 Å². The van der Waals surface area contributed by atoms with Gasteiger partial charge in [-0.3, -0.25) is 4.98 Å². The smallest absolute Gasteiger partial charge is 0.403 e. The van der Waals surface area contributed by atoms with Crippen LogP contribution in [0.4, 0.5) is 13.2 Å². The number of aromatic nitrogens is 1. The molecule has 6 nitrogen and oxygen atoms in total. The molecule has 0 radical (unpaired) electrons. The van der Waals surface area contributed by atoms with Gasteiger partial charge in [0, 0.05) is 12.7 Å². The Morgan fingerprint density at radius 3 is 2.68 bits per heavy atom. The van der Waals surface area contributed by atoms with E-state index in [1.165, 1.54) is 17.8 Å². The van der Waals surface area contributed by atoms with Crippen LogP contribution in [0.2, 0.25) is 0 Å². The molecule has 0 unspecified atom stereocenters. The average molecular weight is 353 g/mol. The summed E-state index contributed by atoms with van der Waals surface area (Å²) in [7, 11) is -4.10. The summed E-state index contributed by atoms with van der Waals surface area (Å²) in [5.41, 5.74) is -0.706. The lowest BCUT2D eigenvalue weighted by Crippen LogP contribution is -2.35. The first kappa shape index (κ1) is 16.9. The van der Waals surface area contributed by atoms with E-state index >= 15 is 0 Å². The molecule has 0 aromatic carbocycles. The fraction of sp³-hybridized carbons (Fsp3) is 0.455. The van der Waals surface area contributed by atoms with Gasteiger partial charge in [-0.25, -0.2) is 8.42 Å². The summed E-state index contributed by atoms with van der Waals surface area (Å²) in [6.07, 6.45) is -2.90. The van der Waals surface area contributed by atoms with Gasteiger partial charge in [0.15, 0.2) is 5.75 Å². The van der Waals surface area contributed by atoms with Gasteiger partial charge >= 0.3 is 6.36 Å². The lowest BCUT2D eigenvalue weighted by molar-refractivity contribution is -0.274. The molecule has 0 saturated carbocycles. The number of thioether (sulfide) groups is 1. The van der Waals surface area contributed by atoms with Crippen molar-refractivity contribution in [1.82, 2.24) is 9.29 Å². The summed E-state index contributed by atoms with van der Waals surface area (Å²) in [5, 5.41) is 9.04. The zero-order valence-corrected chi connectivity index (χ0v) is 12.6. The van der Waals surface area contributed by atoms with Crippen molar-refractivity contribution in [2.24, 2.45) is 0 Å². The van der Waals surface area contributed by atoms with Gasteiger partial charge in [-0.15, -0.1) is 24.9 Å². The topological polar surface area (TPSA) is 83.3 Å². The Labute approximate surface area is 128 Å². The van der Waals surface area contributed by atoms with Crippen molar-refractivity contribution < 1.29 is 26.3 Å². The molecule has 1 aliphatic heterocycles. The van der Waals surface area contributed by atoms with Crippen LogP contribution in [0.3, 0.4) is 0 Å². The summed E-state index contributed by atoms with van der Waals surface area (Å²) in [5.74, 6) is 0.0465. The normalized spacial score (nSPS) is 17.0. The van der Waals surface area contributed by atoms with E-state index in [2.05, 4.69) is 9.72 Å². The van der Waals surface area contributed by atoms with Crippen LogP contribution in [0.25, 0.3) is 0 Å². The van der Waals surface area contributed by atoms with E-state index in [9.17, 15) is 21.6 Å². The molecule has 22 heavy (non-hydrogen) atoms. The third-order valence-electron chi connectivity index (χ3n) is 2.76. The van der Waals surface area contributed by atoms with Crippen LogP contribution in [0, 0.1) is 11.3 Å². The van der Waals surface area contributed by atoms with Gasteiger partial charge in [0.25, 0.3) is 0 Å². The van der Waals surface area contributed by atoms with Crippen molar-refractivity contribution in [3.8, 4) is 11.8 Å². The molecule has 1 aliphatic rings. The van der Waals surface area contributed by atoms with Crippen molar-refractivity contribution in [3.05, 3.63) is 18.0 Å². The number of nitriles is 1. The minimum Gasteiger partial charge on any atom is -0.403 e. The Morgan fingerprint density at radius 1 is 1.41 bits per heavy atom. The Bertz CT molecular complexity index is 695. The molecule has 2 rings (SSSR count). The van der Waals surface area contributed by atoms with Crippen LogP contribution in [-0.2, 0) is 10.0 Å². The van der Waals surface area contributed by atoms with Gasteiger partial charge in [-0.05, 0) is 12.2 Å². The molecular weight excluding hydrogens is 343 g/mol. The van der Waals surface area contributed by atoms with Crippen LogP contribution in [0.15, 0.2) is 17.3 Å². The van der Waals surface area contributed by atoms with Gasteiger partial charge in [0.05, 0.1) is 12.1 Å². The maximum atomic E-state index is 12.5. The van der Waals surface area contributed by atoms with Gasteiger partial charge in [-0.1, -0.05) is 0 Å². The molecule has 2 heterocycles. The number of pyridine rings is 1. The number of nitrogens with zero attached hydrogens (tertiary/aromatic N) is 3. The highest BCUT2D eigenvalue weighted by atomic mass is 32.2. The van der Waals surface area contributed by atoms with Crippen molar-refractivity contribution in [3.63, 3.8) is 0 Å². The average Bonchev–Trinajstić information content (AvgIpc) is 2.46. The summed E-state index contributed by atoms with van der Waals surface area (Å²) in [4.78, 5) is 2.87. The predicted molar refractivity (Wildman–Crippen MR) is 71.5 cm³/mol. The Morgan fingerprint density at radius 2 is 2.14 bits per heavy atom. The molecule has 0 aliphatic carbocycles. The molecular formula is C11H10F3N3O3S2. The lowest BCUT2D eigenvalue weighted by atomic mass is 10.3. The second-order valence-electron chi connectivity index (χ2n) is 4.24. The zero-order valence-electron chi connectivity index (χ0n) is 11.0. The van der Waals surface area contributed by atoms with E-state index < -0.39 is 32.6 Å². The minimum atomic E-state index is -5.04. The Hall–Kier alpha value is -1.51. The maximum absolute atomic E-state index is 12.5. The molecule has 0 atom stereocenters. The van der Waals surface area contributed by atoms with E-state index in [4.69, 9.17) is 5.26 Å². The van der Waals surface area contributed by atoms with Crippen LogP contribution in [0.1, 0.15) is 12.0 Å². The van der Waals surface area contributed by atoms with Crippen LogP contribution in [0.5, 0.6) is 5.75 Å². The number of rotatable bonds is 3. The number of hydrogen-bond donors (Lipinski definition) is 0. The highest BCUT2D eigenvalue weighted by Gasteiger charge is 2.35. The summed E-state index contributed by atoms with van der Waals surface area (Å²) >= 11 is 1.38. The monoisotopic (exact) mass is 353 g/mol. The highest BCUT2D eigenvalue weighted by molar-refractivity contribution is 8.00. The molecule has 0 N–H and O–H groups in total. The second kappa shape index (κ2) is 6.31. The van der Waals surface area contributed by atoms with E-state index in [0.29, 0.717) is 12.6 Å². The molecule has 0 spiro atoms. The van der Waals surface area contributed by atoms with E-state index in [-0.39, 0.29) is 12.4 Å². The van der Waals surface area contributed by atoms with E-state index in [0.717, 1.165) is 16.3 Å². The summed E-state index contributed by atoms with van der Waals surface area (Å²) in [6, 6.07) is 1.45. The molecule has 1 fully saturated rings. The van der Waals surface area contributed by atoms with Gasteiger partial charge in [0.1, 0.15) is 16.5 Å². The fourth-order valence-electron chi connectivity index (χ4n) is 1.83. The minimum absolute atomic E-state index is 0.178. The number of sulfonamides is 1. The van der Waals surface area contributed by atoms with Crippen LogP contribution in [-0.4, -0.2) is 42.2 Å². The molecule has 11 heteroatoms. The maximum Gasteiger partial charge on any atom is 0.573 e. The van der Waals surface area contributed by atoms with Crippen LogP contribution < -0.4 is 4.74 Å². The first-order valence-electron chi connectivity index (χ1n) is 5.97. The van der Waals surface area contributed by atoms with Gasteiger partial charge in [-0.2, -0.15) is 9.57 Å². The Kier molecular flexibility index (Phi) is 4.84.